The molecule has 0 spiro atoms. The van der Waals surface area contributed by atoms with Gasteiger partial charge in [0.2, 0.25) is 5.89 Å². The van der Waals surface area contributed by atoms with Crippen molar-refractivity contribution in [2.45, 2.75) is 25.4 Å². The normalized spacial score (nSPS) is 15.2. The lowest BCUT2D eigenvalue weighted by Gasteiger charge is -1.95. The number of nitrogens with zero attached hydrogens (tertiary/aromatic N) is 3. The summed E-state index contributed by atoms with van der Waals surface area (Å²) in [5.41, 5.74) is 0.715. The van der Waals surface area contributed by atoms with Gasteiger partial charge in [0.05, 0.1) is 6.54 Å². The van der Waals surface area contributed by atoms with Crippen molar-refractivity contribution in [2.24, 2.45) is 0 Å². The fourth-order valence-corrected chi connectivity index (χ4v) is 1.44. The molecular formula is C11H12N4O. The third-order valence-corrected chi connectivity index (χ3v) is 2.47. The highest BCUT2D eigenvalue weighted by Crippen LogP contribution is 2.19. The number of rotatable bonds is 4. The second kappa shape index (κ2) is 4.02. The van der Waals surface area contributed by atoms with Gasteiger partial charge in [-0.1, -0.05) is 6.07 Å². The van der Waals surface area contributed by atoms with Crippen LogP contribution in [0.25, 0.3) is 11.6 Å². The Morgan fingerprint density at radius 2 is 2.25 bits per heavy atom. The smallest absolute Gasteiger partial charge is 0.266 e. The minimum Gasteiger partial charge on any atom is -0.418 e. The first-order valence-corrected chi connectivity index (χ1v) is 5.39. The van der Waals surface area contributed by atoms with Gasteiger partial charge in [-0.05, 0) is 25.0 Å². The van der Waals surface area contributed by atoms with Crippen LogP contribution < -0.4 is 5.32 Å². The van der Waals surface area contributed by atoms with E-state index in [1.807, 2.05) is 18.2 Å². The van der Waals surface area contributed by atoms with Gasteiger partial charge in [0.25, 0.3) is 5.89 Å². The molecule has 0 aliphatic heterocycles. The molecule has 5 heteroatoms. The minimum atomic E-state index is 0.480. The Labute approximate surface area is 92.9 Å². The van der Waals surface area contributed by atoms with Crippen LogP contribution in [0.1, 0.15) is 18.7 Å². The van der Waals surface area contributed by atoms with Crippen LogP contribution >= 0.6 is 0 Å². The molecule has 16 heavy (non-hydrogen) atoms. The van der Waals surface area contributed by atoms with Crippen molar-refractivity contribution in [3.63, 3.8) is 0 Å². The van der Waals surface area contributed by atoms with Crippen molar-refractivity contribution in [3.05, 3.63) is 30.3 Å². The van der Waals surface area contributed by atoms with E-state index < -0.39 is 0 Å². The molecule has 0 aromatic carbocycles. The van der Waals surface area contributed by atoms with Gasteiger partial charge in [-0.15, -0.1) is 10.2 Å². The second-order valence-corrected chi connectivity index (χ2v) is 3.87. The highest BCUT2D eigenvalue weighted by atomic mass is 16.4. The SMILES string of the molecule is c1ccc(-c2nnc(CNC3CC3)o2)nc1. The molecule has 2 heterocycles. The van der Waals surface area contributed by atoms with Crippen LogP contribution in [0, 0.1) is 0 Å². The van der Waals surface area contributed by atoms with Gasteiger partial charge in [0.1, 0.15) is 5.69 Å². The molecule has 0 unspecified atom stereocenters. The van der Waals surface area contributed by atoms with E-state index in [1.54, 1.807) is 6.20 Å². The molecule has 0 radical (unpaired) electrons. The van der Waals surface area contributed by atoms with E-state index in [9.17, 15) is 0 Å². The summed E-state index contributed by atoms with van der Waals surface area (Å²) in [7, 11) is 0. The van der Waals surface area contributed by atoms with Crippen LogP contribution in [-0.4, -0.2) is 21.2 Å². The van der Waals surface area contributed by atoms with E-state index in [4.69, 9.17) is 4.42 Å². The average molecular weight is 216 g/mol. The first-order chi connectivity index (χ1) is 7.92. The zero-order valence-electron chi connectivity index (χ0n) is 8.76. The molecule has 2 aromatic rings. The quantitative estimate of drug-likeness (QED) is 0.836. The average Bonchev–Trinajstić information content (AvgIpc) is 3.05. The van der Waals surface area contributed by atoms with Gasteiger partial charge in [-0.25, -0.2) is 0 Å². The van der Waals surface area contributed by atoms with Gasteiger partial charge in [-0.3, -0.25) is 4.98 Å². The third kappa shape index (κ3) is 2.09. The molecule has 1 fully saturated rings. The van der Waals surface area contributed by atoms with Crippen LogP contribution in [0.4, 0.5) is 0 Å². The topological polar surface area (TPSA) is 63.8 Å². The lowest BCUT2D eigenvalue weighted by atomic mass is 10.3. The van der Waals surface area contributed by atoms with Crippen molar-refractivity contribution >= 4 is 0 Å². The van der Waals surface area contributed by atoms with Crippen LogP contribution in [-0.2, 0) is 6.54 Å². The summed E-state index contributed by atoms with van der Waals surface area (Å²) in [5.74, 6) is 1.10. The van der Waals surface area contributed by atoms with Crippen LogP contribution in [0.5, 0.6) is 0 Å². The van der Waals surface area contributed by atoms with Gasteiger partial charge >= 0.3 is 0 Å². The summed E-state index contributed by atoms with van der Waals surface area (Å²) in [6, 6.07) is 6.25. The molecule has 1 aliphatic carbocycles. The first-order valence-electron chi connectivity index (χ1n) is 5.39. The van der Waals surface area contributed by atoms with Crippen molar-refractivity contribution in [3.8, 4) is 11.6 Å². The Bertz CT molecular complexity index is 464. The summed E-state index contributed by atoms with van der Waals surface area (Å²) < 4.78 is 5.50. The Kier molecular flexibility index (Phi) is 2.38. The summed E-state index contributed by atoms with van der Waals surface area (Å²) in [6.45, 7) is 0.643. The lowest BCUT2D eigenvalue weighted by Crippen LogP contribution is -2.15. The highest BCUT2D eigenvalue weighted by Gasteiger charge is 2.21. The maximum atomic E-state index is 5.50. The van der Waals surface area contributed by atoms with E-state index in [0.29, 0.717) is 30.1 Å². The molecule has 0 saturated heterocycles. The second-order valence-electron chi connectivity index (χ2n) is 3.87. The number of aromatic nitrogens is 3. The molecule has 1 aliphatic rings. The van der Waals surface area contributed by atoms with Gasteiger partial charge in [0.15, 0.2) is 0 Å². The number of pyridine rings is 1. The van der Waals surface area contributed by atoms with Crippen LogP contribution in [0.3, 0.4) is 0 Å². The molecule has 2 aromatic heterocycles. The van der Waals surface area contributed by atoms with E-state index in [-0.39, 0.29) is 0 Å². The monoisotopic (exact) mass is 216 g/mol. The Balaban J connectivity index is 1.71. The summed E-state index contributed by atoms with van der Waals surface area (Å²) >= 11 is 0. The van der Waals surface area contributed by atoms with Gasteiger partial charge in [0, 0.05) is 12.2 Å². The minimum absolute atomic E-state index is 0.480. The summed E-state index contributed by atoms with van der Waals surface area (Å²) in [5, 5.41) is 11.3. The lowest BCUT2D eigenvalue weighted by molar-refractivity contribution is 0.475. The zero-order valence-corrected chi connectivity index (χ0v) is 8.76. The standard InChI is InChI=1S/C11H12N4O/c1-2-6-12-9(3-1)11-15-14-10(16-11)7-13-8-4-5-8/h1-3,6,8,13H,4-5,7H2. The van der Waals surface area contributed by atoms with Crippen molar-refractivity contribution in [1.29, 1.82) is 0 Å². The molecule has 82 valence electrons. The fraction of sp³-hybridized carbons (Fsp3) is 0.364. The van der Waals surface area contributed by atoms with Crippen molar-refractivity contribution in [2.75, 3.05) is 0 Å². The Morgan fingerprint density at radius 1 is 1.31 bits per heavy atom. The predicted molar refractivity (Wildman–Crippen MR) is 57.4 cm³/mol. The van der Waals surface area contributed by atoms with Gasteiger partial charge < -0.3 is 9.73 Å². The van der Waals surface area contributed by atoms with Crippen molar-refractivity contribution in [1.82, 2.24) is 20.5 Å². The highest BCUT2D eigenvalue weighted by molar-refractivity contribution is 5.44. The maximum absolute atomic E-state index is 5.50. The van der Waals surface area contributed by atoms with E-state index in [1.165, 1.54) is 12.8 Å². The zero-order chi connectivity index (χ0) is 10.8. The molecule has 1 saturated carbocycles. The fourth-order valence-electron chi connectivity index (χ4n) is 1.44. The van der Waals surface area contributed by atoms with Gasteiger partial charge in [-0.2, -0.15) is 0 Å². The molecule has 0 amide bonds. The predicted octanol–water partition coefficient (Wildman–Crippen LogP) is 1.38. The molecule has 1 N–H and O–H groups in total. The molecular weight excluding hydrogens is 204 g/mol. The summed E-state index contributed by atoms with van der Waals surface area (Å²) in [4.78, 5) is 4.15. The van der Waals surface area contributed by atoms with Crippen molar-refractivity contribution < 1.29 is 4.42 Å². The first kappa shape index (κ1) is 9.47. The number of hydrogen-bond acceptors (Lipinski definition) is 5. The largest absolute Gasteiger partial charge is 0.418 e. The maximum Gasteiger partial charge on any atom is 0.266 e. The molecule has 5 nitrogen and oxygen atoms in total. The molecule has 3 rings (SSSR count). The molecule has 0 bridgehead atoms. The Morgan fingerprint density at radius 3 is 3.00 bits per heavy atom. The third-order valence-electron chi connectivity index (χ3n) is 2.47. The van der Waals surface area contributed by atoms with Crippen LogP contribution in [0.2, 0.25) is 0 Å². The van der Waals surface area contributed by atoms with E-state index in [2.05, 4.69) is 20.5 Å². The number of nitrogens with one attached hydrogen (secondary N) is 1. The molecule has 0 atom stereocenters. The van der Waals surface area contributed by atoms with E-state index >= 15 is 0 Å². The summed E-state index contributed by atoms with van der Waals surface area (Å²) in [6.07, 6.45) is 4.21. The van der Waals surface area contributed by atoms with E-state index in [0.717, 1.165) is 0 Å². The number of hydrogen-bond donors (Lipinski definition) is 1. The van der Waals surface area contributed by atoms with Crippen LogP contribution in [0.15, 0.2) is 28.8 Å². The Hall–Kier alpha value is -1.75.